The normalized spacial score (nSPS) is 14.2. The lowest BCUT2D eigenvalue weighted by atomic mass is 10.1. The summed E-state index contributed by atoms with van der Waals surface area (Å²) in [6.45, 7) is 2.21. The molecule has 0 saturated heterocycles. The van der Waals surface area contributed by atoms with Crippen LogP contribution in [-0.2, 0) is 6.54 Å². The summed E-state index contributed by atoms with van der Waals surface area (Å²) in [5, 5.41) is 6.83. The minimum Gasteiger partial charge on any atom is -0.490 e. The second-order valence-corrected chi connectivity index (χ2v) is 7.13. The molecule has 0 spiro atoms. The highest BCUT2D eigenvalue weighted by molar-refractivity contribution is 5.86. The van der Waals surface area contributed by atoms with Gasteiger partial charge in [-0.25, -0.2) is 9.97 Å². The van der Waals surface area contributed by atoms with Gasteiger partial charge in [-0.05, 0) is 41.5 Å². The van der Waals surface area contributed by atoms with Gasteiger partial charge in [0.05, 0.1) is 17.9 Å². The minimum absolute atomic E-state index is 0.686. The first-order chi connectivity index (χ1) is 14.3. The monoisotopic (exact) mass is 382 g/mol. The van der Waals surface area contributed by atoms with Crippen molar-refractivity contribution in [1.82, 2.24) is 14.4 Å². The van der Waals surface area contributed by atoms with E-state index in [2.05, 4.69) is 38.8 Å². The molecule has 7 nitrogen and oxygen atoms in total. The molecule has 7 heteroatoms. The van der Waals surface area contributed by atoms with E-state index in [9.17, 15) is 0 Å². The number of aliphatic imine (C=N–C) groups is 1. The van der Waals surface area contributed by atoms with Crippen molar-refractivity contribution < 1.29 is 4.74 Å². The lowest BCUT2D eigenvalue weighted by Crippen LogP contribution is -2.17. The third-order valence-electron chi connectivity index (χ3n) is 5.22. The van der Waals surface area contributed by atoms with Crippen molar-refractivity contribution >= 4 is 29.1 Å². The first-order valence-electron chi connectivity index (χ1n) is 9.58. The Morgan fingerprint density at radius 2 is 2.14 bits per heavy atom. The van der Waals surface area contributed by atoms with Crippen LogP contribution in [0.15, 0.2) is 60.0 Å². The number of anilines is 3. The smallest absolute Gasteiger partial charge is 0.180 e. The number of benzene rings is 2. The van der Waals surface area contributed by atoms with Gasteiger partial charge in [-0.2, -0.15) is 0 Å². The Balaban J connectivity index is 1.42. The Kier molecular flexibility index (Phi) is 3.52. The van der Waals surface area contributed by atoms with Crippen LogP contribution in [0.5, 0.6) is 5.75 Å². The van der Waals surface area contributed by atoms with Crippen molar-refractivity contribution in [2.75, 3.05) is 23.8 Å². The van der Waals surface area contributed by atoms with Crippen molar-refractivity contribution in [3.63, 3.8) is 0 Å². The molecule has 0 unspecified atom stereocenters. The number of imidazole rings is 1. The van der Waals surface area contributed by atoms with Crippen molar-refractivity contribution in [1.29, 1.82) is 0 Å². The van der Waals surface area contributed by atoms with Gasteiger partial charge >= 0.3 is 0 Å². The van der Waals surface area contributed by atoms with Gasteiger partial charge in [0.2, 0.25) is 0 Å². The summed E-state index contributed by atoms with van der Waals surface area (Å²) in [6, 6.07) is 12.4. The average Bonchev–Trinajstić information content (AvgIpc) is 3.42. The molecular weight excluding hydrogens is 364 g/mol. The molecule has 2 aliphatic heterocycles. The molecule has 0 amide bonds. The maximum atomic E-state index is 5.69. The summed E-state index contributed by atoms with van der Waals surface area (Å²) in [4.78, 5) is 13.7. The highest BCUT2D eigenvalue weighted by atomic mass is 16.5. The molecule has 0 bridgehead atoms. The molecule has 0 atom stereocenters. The quantitative estimate of drug-likeness (QED) is 0.562. The van der Waals surface area contributed by atoms with Gasteiger partial charge in [-0.1, -0.05) is 6.07 Å². The highest BCUT2D eigenvalue weighted by Gasteiger charge is 2.14. The summed E-state index contributed by atoms with van der Waals surface area (Å²) in [5.41, 5.74) is 7.02. The zero-order chi connectivity index (χ0) is 19.2. The fraction of sp³-hybridized carbons (Fsp3) is 0.136. The summed E-state index contributed by atoms with van der Waals surface area (Å²) in [7, 11) is 0. The molecule has 6 rings (SSSR count). The molecule has 0 radical (unpaired) electrons. The van der Waals surface area contributed by atoms with E-state index in [0.717, 1.165) is 47.1 Å². The topological polar surface area (TPSA) is 75.8 Å². The van der Waals surface area contributed by atoms with Crippen LogP contribution in [0.25, 0.3) is 16.9 Å². The lowest BCUT2D eigenvalue weighted by Gasteiger charge is -2.19. The molecule has 0 fully saturated rings. The Hall–Kier alpha value is -3.87. The van der Waals surface area contributed by atoms with Crippen molar-refractivity contribution in [2.24, 2.45) is 4.99 Å². The van der Waals surface area contributed by atoms with Crippen LogP contribution < -0.4 is 15.4 Å². The number of rotatable bonds is 3. The van der Waals surface area contributed by atoms with Gasteiger partial charge in [-0.15, -0.1) is 0 Å². The average molecular weight is 382 g/mol. The summed E-state index contributed by atoms with van der Waals surface area (Å²) >= 11 is 0. The summed E-state index contributed by atoms with van der Waals surface area (Å²) in [6.07, 6.45) is 7.63. The number of nitrogens with zero attached hydrogens (tertiary/aromatic N) is 4. The Bertz CT molecular complexity index is 1280. The standard InChI is InChI=1S/C22H18N6O/c1-3-17(9-16-12-23-11-15(1)16)26-21-22-25-5-7-28(22)13-19(27-21)14-2-4-20-18(10-14)24-6-8-29-20/h1-5,7,9-11,13,24H,6,8,12H2,(H,26,27). The van der Waals surface area contributed by atoms with Crippen LogP contribution in [0, 0.1) is 0 Å². The van der Waals surface area contributed by atoms with Crippen LogP contribution in [0.4, 0.5) is 17.2 Å². The maximum Gasteiger partial charge on any atom is 0.180 e. The molecule has 2 N–H and O–H groups in total. The molecule has 142 valence electrons. The van der Waals surface area contributed by atoms with Crippen molar-refractivity contribution in [3.05, 3.63) is 66.1 Å². The minimum atomic E-state index is 0.686. The van der Waals surface area contributed by atoms with Crippen LogP contribution in [0.2, 0.25) is 0 Å². The predicted molar refractivity (Wildman–Crippen MR) is 113 cm³/mol. The molecule has 2 aromatic heterocycles. The summed E-state index contributed by atoms with van der Waals surface area (Å²) in [5.74, 6) is 1.59. The van der Waals surface area contributed by atoms with E-state index in [1.54, 1.807) is 6.20 Å². The molecule has 4 heterocycles. The second kappa shape index (κ2) is 6.34. The SMILES string of the molecule is C1=NCc2cc(Nc3nc(-c4ccc5c(c4)NCCO5)cn4ccnc34)ccc21. The number of aromatic nitrogens is 3. The van der Waals surface area contributed by atoms with Crippen LogP contribution in [0.3, 0.4) is 0 Å². The third kappa shape index (κ3) is 2.79. The number of nitrogens with one attached hydrogen (secondary N) is 2. The molecule has 4 aromatic rings. The number of fused-ring (bicyclic) bond motifs is 3. The van der Waals surface area contributed by atoms with Gasteiger partial charge in [0.15, 0.2) is 11.5 Å². The van der Waals surface area contributed by atoms with E-state index >= 15 is 0 Å². The molecule has 0 saturated carbocycles. The zero-order valence-electron chi connectivity index (χ0n) is 15.6. The molecular formula is C22H18N6O. The van der Waals surface area contributed by atoms with E-state index in [-0.39, 0.29) is 0 Å². The number of hydrogen-bond donors (Lipinski definition) is 2. The number of ether oxygens (including phenoxy) is 1. The van der Waals surface area contributed by atoms with E-state index in [1.807, 2.05) is 41.2 Å². The van der Waals surface area contributed by atoms with Crippen LogP contribution in [-0.4, -0.2) is 33.7 Å². The largest absolute Gasteiger partial charge is 0.490 e. The van der Waals surface area contributed by atoms with Gasteiger partial charge in [0.1, 0.15) is 12.4 Å². The zero-order valence-corrected chi connectivity index (χ0v) is 15.6. The van der Waals surface area contributed by atoms with Crippen LogP contribution in [0.1, 0.15) is 11.1 Å². The first-order valence-corrected chi connectivity index (χ1v) is 9.58. The Morgan fingerprint density at radius 1 is 1.14 bits per heavy atom. The molecule has 2 aromatic carbocycles. The van der Waals surface area contributed by atoms with Gasteiger partial charge in [-0.3, -0.25) is 4.99 Å². The maximum absolute atomic E-state index is 5.69. The molecule has 2 aliphatic rings. The fourth-order valence-corrected chi connectivity index (χ4v) is 3.78. The number of hydrogen-bond acceptors (Lipinski definition) is 6. The molecule has 29 heavy (non-hydrogen) atoms. The fourth-order valence-electron chi connectivity index (χ4n) is 3.78. The van der Waals surface area contributed by atoms with Crippen molar-refractivity contribution in [3.8, 4) is 17.0 Å². The summed E-state index contributed by atoms with van der Waals surface area (Å²) < 4.78 is 7.68. The predicted octanol–water partition coefficient (Wildman–Crippen LogP) is 3.88. The van der Waals surface area contributed by atoms with E-state index < -0.39 is 0 Å². The van der Waals surface area contributed by atoms with Gasteiger partial charge < -0.3 is 19.8 Å². The Labute approximate surface area is 167 Å². The van der Waals surface area contributed by atoms with Gasteiger partial charge in [0, 0.05) is 42.6 Å². The molecule has 0 aliphatic carbocycles. The van der Waals surface area contributed by atoms with E-state index in [4.69, 9.17) is 9.72 Å². The Morgan fingerprint density at radius 3 is 3.14 bits per heavy atom. The lowest BCUT2D eigenvalue weighted by molar-refractivity contribution is 0.323. The van der Waals surface area contributed by atoms with Crippen molar-refractivity contribution in [2.45, 2.75) is 6.54 Å². The first kappa shape index (κ1) is 16.1. The van der Waals surface area contributed by atoms with E-state index in [1.165, 1.54) is 11.1 Å². The third-order valence-corrected chi connectivity index (χ3v) is 5.22. The highest BCUT2D eigenvalue weighted by Crippen LogP contribution is 2.33. The second-order valence-electron chi connectivity index (χ2n) is 7.13. The van der Waals surface area contributed by atoms with E-state index in [0.29, 0.717) is 12.4 Å². The van der Waals surface area contributed by atoms with Crippen LogP contribution >= 0.6 is 0 Å². The van der Waals surface area contributed by atoms with Gasteiger partial charge in [0.25, 0.3) is 0 Å².